The predicted molar refractivity (Wildman–Crippen MR) is 120 cm³/mol. The molecule has 31 heavy (non-hydrogen) atoms. The molecule has 4 aliphatic rings. The van der Waals surface area contributed by atoms with Crippen LogP contribution in [0.4, 0.5) is 17.2 Å². The summed E-state index contributed by atoms with van der Waals surface area (Å²) in [5, 5.41) is 17.2. The molecule has 4 bridgehead atoms. The molecule has 0 saturated heterocycles. The molecule has 0 aliphatic heterocycles. The van der Waals surface area contributed by atoms with Crippen molar-refractivity contribution in [3.8, 4) is 0 Å². The fourth-order valence-corrected chi connectivity index (χ4v) is 6.14. The van der Waals surface area contributed by atoms with Crippen LogP contribution in [0.15, 0.2) is 48.7 Å². The van der Waals surface area contributed by atoms with Crippen molar-refractivity contribution < 1.29 is 9.72 Å². The average Bonchev–Trinajstić information content (AvgIpc) is 2.73. The molecule has 1 amide bonds. The molecule has 1 aromatic heterocycles. The number of non-ortho nitro benzene ring substituents is 1. The number of aromatic nitrogens is 1. The van der Waals surface area contributed by atoms with Gasteiger partial charge in [-0.1, -0.05) is 0 Å². The molecule has 7 heteroatoms. The highest BCUT2D eigenvalue weighted by atomic mass is 16.6. The van der Waals surface area contributed by atoms with Crippen LogP contribution in [0.5, 0.6) is 0 Å². The molecule has 0 spiro atoms. The molecule has 2 N–H and O–H groups in total. The van der Waals surface area contributed by atoms with E-state index in [1.165, 1.54) is 56.7 Å². The van der Waals surface area contributed by atoms with E-state index < -0.39 is 4.92 Å². The molecule has 0 radical (unpaired) electrons. The lowest BCUT2D eigenvalue weighted by Gasteiger charge is -2.57. The highest BCUT2D eigenvalue weighted by Crippen LogP contribution is 2.56. The Kier molecular flexibility index (Phi) is 4.96. The summed E-state index contributed by atoms with van der Waals surface area (Å²) >= 11 is 0. The van der Waals surface area contributed by atoms with E-state index in [1.807, 2.05) is 12.1 Å². The number of nitrogens with zero attached hydrogens (tertiary/aromatic N) is 2. The van der Waals surface area contributed by atoms with Gasteiger partial charge in [0.1, 0.15) is 5.82 Å². The largest absolute Gasteiger partial charge is 0.365 e. The molecule has 7 nitrogen and oxygen atoms in total. The summed E-state index contributed by atoms with van der Waals surface area (Å²) in [6, 6.07) is 9.85. The van der Waals surface area contributed by atoms with Crippen molar-refractivity contribution in [2.75, 3.05) is 10.6 Å². The Morgan fingerprint density at radius 1 is 1.03 bits per heavy atom. The number of benzene rings is 1. The van der Waals surface area contributed by atoms with E-state index in [1.54, 1.807) is 24.4 Å². The maximum absolute atomic E-state index is 12.2. The molecule has 1 heterocycles. The fourth-order valence-electron chi connectivity index (χ4n) is 6.14. The van der Waals surface area contributed by atoms with Crippen LogP contribution < -0.4 is 10.6 Å². The Labute approximate surface area is 181 Å². The number of nitro groups is 1. The zero-order valence-electron chi connectivity index (χ0n) is 17.3. The minimum atomic E-state index is -0.449. The number of amides is 1. The van der Waals surface area contributed by atoms with Gasteiger partial charge < -0.3 is 10.6 Å². The van der Waals surface area contributed by atoms with Crippen LogP contribution in [-0.2, 0) is 4.79 Å². The first-order valence-corrected chi connectivity index (χ1v) is 10.9. The minimum absolute atomic E-state index is 0.0231. The standard InChI is InChI=1S/C24H26N4O3/c29-23(8-3-16-1-5-21(6-2-16)28(30)31)26-20-4-7-22(25-15-20)27-24-12-17-9-18(13-24)11-19(10-17)14-24/h1-8,15,17-19H,9-14H2,(H,25,27)(H,26,29)/b8-3+. The molecule has 160 valence electrons. The molecular weight excluding hydrogens is 392 g/mol. The van der Waals surface area contributed by atoms with E-state index in [9.17, 15) is 14.9 Å². The van der Waals surface area contributed by atoms with Gasteiger partial charge >= 0.3 is 0 Å². The summed E-state index contributed by atoms with van der Waals surface area (Å²) in [5.74, 6) is 3.22. The van der Waals surface area contributed by atoms with E-state index in [4.69, 9.17) is 0 Å². The number of carbonyl (C=O) groups is 1. The fraction of sp³-hybridized carbons (Fsp3) is 0.417. The summed E-state index contributed by atoms with van der Waals surface area (Å²) in [6.45, 7) is 0. The van der Waals surface area contributed by atoms with Gasteiger partial charge in [0.15, 0.2) is 0 Å². The molecule has 6 rings (SSSR count). The van der Waals surface area contributed by atoms with Gasteiger partial charge in [0, 0.05) is 23.7 Å². The SMILES string of the molecule is O=C(/C=C/c1ccc([N+](=O)[O-])cc1)Nc1ccc(NC23CC4CC(CC(C4)C2)C3)nc1. The zero-order chi connectivity index (χ0) is 21.4. The Morgan fingerprint density at radius 3 is 2.23 bits per heavy atom. The van der Waals surface area contributed by atoms with Gasteiger partial charge in [-0.15, -0.1) is 0 Å². The molecule has 2 aromatic rings. The van der Waals surface area contributed by atoms with Crippen molar-refractivity contribution in [3.05, 3.63) is 64.3 Å². The van der Waals surface area contributed by atoms with Crippen LogP contribution in [0.1, 0.15) is 44.1 Å². The van der Waals surface area contributed by atoms with Crippen molar-refractivity contribution >= 4 is 29.2 Å². The first kappa shape index (κ1) is 19.7. The van der Waals surface area contributed by atoms with E-state index in [0.717, 1.165) is 23.6 Å². The minimum Gasteiger partial charge on any atom is -0.365 e. The van der Waals surface area contributed by atoms with Crippen molar-refractivity contribution in [1.82, 2.24) is 4.98 Å². The lowest BCUT2D eigenvalue weighted by Crippen LogP contribution is -2.54. The van der Waals surface area contributed by atoms with Gasteiger partial charge in [0.05, 0.1) is 16.8 Å². The van der Waals surface area contributed by atoms with Crippen LogP contribution in [0.25, 0.3) is 6.08 Å². The van der Waals surface area contributed by atoms with Crippen LogP contribution in [-0.4, -0.2) is 21.4 Å². The maximum atomic E-state index is 12.2. The summed E-state index contributed by atoms with van der Waals surface area (Å²) in [6.07, 6.45) is 12.7. The summed E-state index contributed by atoms with van der Waals surface area (Å²) < 4.78 is 0. The van der Waals surface area contributed by atoms with Crippen LogP contribution in [0.3, 0.4) is 0 Å². The van der Waals surface area contributed by atoms with Gasteiger partial charge in [-0.2, -0.15) is 0 Å². The normalized spacial score (nSPS) is 28.6. The van der Waals surface area contributed by atoms with Crippen LogP contribution in [0.2, 0.25) is 0 Å². The Morgan fingerprint density at radius 2 is 1.68 bits per heavy atom. The van der Waals surface area contributed by atoms with Crippen LogP contribution >= 0.6 is 0 Å². The number of rotatable bonds is 6. The monoisotopic (exact) mass is 418 g/mol. The molecule has 0 unspecified atom stereocenters. The third kappa shape index (κ3) is 4.31. The number of hydrogen-bond donors (Lipinski definition) is 2. The zero-order valence-corrected chi connectivity index (χ0v) is 17.3. The third-order valence-electron chi connectivity index (χ3n) is 6.99. The molecule has 4 aliphatic carbocycles. The van der Waals surface area contributed by atoms with Gasteiger partial charge in [-0.3, -0.25) is 14.9 Å². The highest BCUT2D eigenvalue weighted by Gasteiger charge is 2.51. The lowest BCUT2D eigenvalue weighted by molar-refractivity contribution is -0.384. The molecule has 4 saturated carbocycles. The number of hydrogen-bond acceptors (Lipinski definition) is 5. The lowest BCUT2D eigenvalue weighted by atomic mass is 9.53. The third-order valence-corrected chi connectivity index (χ3v) is 6.99. The number of pyridine rings is 1. The number of nitro benzene ring substituents is 1. The molecule has 1 aromatic carbocycles. The molecular formula is C24H26N4O3. The molecule has 4 fully saturated rings. The number of nitrogens with one attached hydrogen (secondary N) is 2. The first-order chi connectivity index (χ1) is 15.0. The Balaban J connectivity index is 1.18. The second kappa shape index (κ2) is 7.80. The van der Waals surface area contributed by atoms with Crippen molar-refractivity contribution in [1.29, 1.82) is 0 Å². The number of anilines is 2. The van der Waals surface area contributed by atoms with E-state index in [-0.39, 0.29) is 17.1 Å². The average molecular weight is 418 g/mol. The Hall–Kier alpha value is -3.22. The second-order valence-corrected chi connectivity index (χ2v) is 9.43. The summed E-state index contributed by atoms with van der Waals surface area (Å²) in [5.41, 5.74) is 1.58. The van der Waals surface area contributed by atoms with E-state index in [2.05, 4.69) is 15.6 Å². The van der Waals surface area contributed by atoms with Crippen molar-refractivity contribution in [3.63, 3.8) is 0 Å². The topological polar surface area (TPSA) is 97.2 Å². The first-order valence-electron chi connectivity index (χ1n) is 10.9. The second-order valence-electron chi connectivity index (χ2n) is 9.43. The summed E-state index contributed by atoms with van der Waals surface area (Å²) in [4.78, 5) is 27.0. The molecule has 0 atom stereocenters. The Bertz CT molecular complexity index is 979. The van der Waals surface area contributed by atoms with Crippen molar-refractivity contribution in [2.45, 2.75) is 44.1 Å². The van der Waals surface area contributed by atoms with E-state index >= 15 is 0 Å². The van der Waals surface area contributed by atoms with E-state index in [0.29, 0.717) is 11.3 Å². The summed E-state index contributed by atoms with van der Waals surface area (Å²) in [7, 11) is 0. The van der Waals surface area contributed by atoms with Gasteiger partial charge in [-0.05, 0) is 92.2 Å². The smallest absolute Gasteiger partial charge is 0.269 e. The number of carbonyl (C=O) groups excluding carboxylic acids is 1. The predicted octanol–water partition coefficient (Wildman–Crippen LogP) is 5.02. The highest BCUT2D eigenvalue weighted by molar-refractivity contribution is 6.01. The maximum Gasteiger partial charge on any atom is 0.269 e. The van der Waals surface area contributed by atoms with Gasteiger partial charge in [0.2, 0.25) is 5.91 Å². The van der Waals surface area contributed by atoms with Crippen molar-refractivity contribution in [2.24, 2.45) is 17.8 Å². The quantitative estimate of drug-likeness (QED) is 0.390. The van der Waals surface area contributed by atoms with Crippen LogP contribution in [0, 0.1) is 27.9 Å². The van der Waals surface area contributed by atoms with Gasteiger partial charge in [0.25, 0.3) is 5.69 Å². The van der Waals surface area contributed by atoms with Gasteiger partial charge in [-0.25, -0.2) is 4.98 Å².